The quantitative estimate of drug-likeness (QED) is 0.788. The molecule has 7 nitrogen and oxygen atoms in total. The molecule has 132 valence electrons. The number of anilines is 1. The SMILES string of the molecule is O=C1NC23C=CNCCC2ON=C(Cl)C3=CN1c1ccc2ncsc2c1. The first-order chi connectivity index (χ1) is 12.7. The highest BCUT2D eigenvalue weighted by molar-refractivity contribution is 7.16. The first kappa shape index (κ1) is 15.7. The van der Waals surface area contributed by atoms with Crippen LogP contribution in [0.4, 0.5) is 10.5 Å². The Morgan fingerprint density at radius 2 is 2.35 bits per heavy atom. The standard InChI is InChI=1S/C17H14ClN5O2S/c18-15-11-8-23(10-1-2-12-13(7-10)26-9-20-12)16(24)21-17(11)4-6-19-5-3-14(17)25-22-15/h1-2,4,6-9,14,19H,3,5H2,(H,21,24). The number of nitrogens with zero attached hydrogens (tertiary/aromatic N) is 3. The van der Waals surface area contributed by atoms with Crippen molar-refractivity contribution >= 4 is 50.0 Å². The van der Waals surface area contributed by atoms with Gasteiger partial charge in [-0.1, -0.05) is 16.8 Å². The van der Waals surface area contributed by atoms with E-state index in [9.17, 15) is 4.79 Å². The van der Waals surface area contributed by atoms with E-state index in [1.165, 1.54) is 11.3 Å². The summed E-state index contributed by atoms with van der Waals surface area (Å²) < 4.78 is 1.01. The number of hydrogen-bond donors (Lipinski definition) is 2. The Labute approximate surface area is 158 Å². The monoisotopic (exact) mass is 387 g/mol. The van der Waals surface area contributed by atoms with Crippen molar-refractivity contribution in [1.82, 2.24) is 15.6 Å². The molecule has 1 aromatic carbocycles. The van der Waals surface area contributed by atoms with Crippen LogP contribution >= 0.6 is 22.9 Å². The molecular weight excluding hydrogens is 374 g/mol. The lowest BCUT2D eigenvalue weighted by molar-refractivity contribution is 0.00988. The van der Waals surface area contributed by atoms with Crippen LogP contribution in [0.5, 0.6) is 0 Å². The molecule has 2 N–H and O–H groups in total. The van der Waals surface area contributed by atoms with Crippen molar-refractivity contribution in [3.63, 3.8) is 0 Å². The van der Waals surface area contributed by atoms with E-state index in [0.29, 0.717) is 12.0 Å². The summed E-state index contributed by atoms with van der Waals surface area (Å²) in [5.41, 5.74) is 3.31. The third kappa shape index (κ3) is 2.22. The zero-order valence-corrected chi connectivity index (χ0v) is 15.0. The van der Waals surface area contributed by atoms with E-state index in [4.69, 9.17) is 16.4 Å². The van der Waals surface area contributed by atoms with Crippen LogP contribution < -0.4 is 15.5 Å². The fourth-order valence-electron chi connectivity index (χ4n) is 3.51. The molecule has 0 radical (unpaired) electrons. The summed E-state index contributed by atoms with van der Waals surface area (Å²) in [7, 11) is 0. The third-order valence-corrected chi connectivity index (χ3v) is 5.90. The molecule has 2 atom stereocenters. The maximum atomic E-state index is 13.0. The van der Waals surface area contributed by atoms with E-state index in [2.05, 4.69) is 20.8 Å². The van der Waals surface area contributed by atoms with Crippen LogP contribution in [0.2, 0.25) is 0 Å². The molecule has 9 heteroatoms. The van der Waals surface area contributed by atoms with E-state index in [0.717, 1.165) is 22.4 Å². The summed E-state index contributed by atoms with van der Waals surface area (Å²) >= 11 is 7.88. The Morgan fingerprint density at radius 1 is 1.42 bits per heavy atom. The predicted octanol–water partition coefficient (Wildman–Crippen LogP) is 2.91. The summed E-state index contributed by atoms with van der Waals surface area (Å²) in [6, 6.07) is 5.45. The maximum Gasteiger partial charge on any atom is 0.327 e. The fraction of sp³-hybridized carbons (Fsp3) is 0.235. The average Bonchev–Trinajstić information content (AvgIpc) is 3.01. The minimum Gasteiger partial charge on any atom is -0.391 e. The van der Waals surface area contributed by atoms with Gasteiger partial charge in [0.1, 0.15) is 5.54 Å². The van der Waals surface area contributed by atoms with Crippen molar-refractivity contribution in [2.45, 2.75) is 18.1 Å². The lowest BCUT2D eigenvalue weighted by atomic mass is 9.81. The van der Waals surface area contributed by atoms with Crippen molar-refractivity contribution < 1.29 is 9.63 Å². The number of hydrogen-bond acceptors (Lipinski definition) is 6. The molecule has 0 saturated heterocycles. The second-order valence-electron chi connectivity index (χ2n) is 6.27. The average molecular weight is 388 g/mol. The Bertz CT molecular complexity index is 1000. The molecule has 3 aliphatic heterocycles. The Morgan fingerprint density at radius 3 is 3.27 bits per heavy atom. The number of thiazole rings is 1. The van der Waals surface area contributed by atoms with Crippen LogP contribution in [-0.4, -0.2) is 34.4 Å². The van der Waals surface area contributed by atoms with Crippen molar-refractivity contribution in [1.29, 1.82) is 0 Å². The number of carbonyl (C=O) groups is 1. The molecule has 26 heavy (non-hydrogen) atoms. The van der Waals surface area contributed by atoms with Crippen LogP contribution in [0.3, 0.4) is 0 Å². The van der Waals surface area contributed by atoms with Gasteiger partial charge in [0.2, 0.25) is 0 Å². The topological polar surface area (TPSA) is 78.8 Å². The molecule has 5 rings (SSSR count). The second-order valence-corrected chi connectivity index (χ2v) is 7.51. The van der Waals surface area contributed by atoms with Crippen LogP contribution in [-0.2, 0) is 4.84 Å². The van der Waals surface area contributed by atoms with Gasteiger partial charge in [-0.15, -0.1) is 11.3 Å². The van der Waals surface area contributed by atoms with Crippen LogP contribution in [0, 0.1) is 0 Å². The van der Waals surface area contributed by atoms with E-state index < -0.39 is 5.54 Å². The molecule has 2 amide bonds. The smallest absolute Gasteiger partial charge is 0.327 e. The van der Waals surface area contributed by atoms with E-state index >= 15 is 0 Å². The number of fused-ring (bicyclic) bond motifs is 1. The Balaban J connectivity index is 1.64. The van der Waals surface area contributed by atoms with Gasteiger partial charge in [0.25, 0.3) is 0 Å². The number of oxime groups is 1. The van der Waals surface area contributed by atoms with Crippen LogP contribution in [0.15, 0.2) is 52.9 Å². The van der Waals surface area contributed by atoms with E-state index in [1.54, 1.807) is 16.6 Å². The van der Waals surface area contributed by atoms with Gasteiger partial charge in [0, 0.05) is 24.7 Å². The number of benzene rings is 1. The molecular formula is C17H14ClN5O2S. The largest absolute Gasteiger partial charge is 0.391 e. The lowest BCUT2D eigenvalue weighted by Gasteiger charge is -2.44. The zero-order chi connectivity index (χ0) is 17.7. The van der Waals surface area contributed by atoms with Gasteiger partial charge in [0.15, 0.2) is 11.3 Å². The van der Waals surface area contributed by atoms with Gasteiger partial charge in [-0.2, -0.15) is 0 Å². The normalized spacial score (nSPS) is 27.3. The van der Waals surface area contributed by atoms with E-state index in [1.807, 2.05) is 30.5 Å². The highest BCUT2D eigenvalue weighted by atomic mass is 35.5. The number of halogens is 1. The minimum absolute atomic E-state index is 0.233. The number of aromatic nitrogens is 1. The summed E-state index contributed by atoms with van der Waals surface area (Å²) in [5.74, 6) is 0. The first-order valence-electron chi connectivity index (χ1n) is 8.15. The number of nitrogens with one attached hydrogen (secondary N) is 2. The molecule has 0 aliphatic carbocycles. The summed E-state index contributed by atoms with van der Waals surface area (Å²) in [6.07, 6.45) is 5.82. The third-order valence-electron chi connectivity index (χ3n) is 4.83. The zero-order valence-electron chi connectivity index (χ0n) is 13.5. The summed E-state index contributed by atoms with van der Waals surface area (Å²) in [5, 5.41) is 10.5. The van der Waals surface area contributed by atoms with E-state index in [-0.39, 0.29) is 17.3 Å². The van der Waals surface area contributed by atoms with Crippen LogP contribution in [0.25, 0.3) is 10.2 Å². The van der Waals surface area contributed by atoms with Gasteiger partial charge < -0.3 is 15.5 Å². The first-order valence-corrected chi connectivity index (χ1v) is 9.41. The highest BCUT2D eigenvalue weighted by Crippen LogP contribution is 2.38. The molecule has 0 bridgehead atoms. The number of carbonyl (C=O) groups excluding carboxylic acids is 1. The number of amides is 2. The predicted molar refractivity (Wildman–Crippen MR) is 101 cm³/mol. The van der Waals surface area contributed by atoms with Gasteiger partial charge in [-0.3, -0.25) is 4.90 Å². The molecule has 2 unspecified atom stereocenters. The Hall–Kier alpha value is -2.58. The number of urea groups is 1. The molecule has 1 spiro atoms. The fourth-order valence-corrected chi connectivity index (χ4v) is 4.47. The summed E-state index contributed by atoms with van der Waals surface area (Å²) in [4.78, 5) is 24.3. The van der Waals surface area contributed by atoms with Crippen molar-refractivity contribution in [3.05, 3.63) is 47.8 Å². The van der Waals surface area contributed by atoms with Crippen molar-refractivity contribution in [2.75, 3.05) is 11.4 Å². The van der Waals surface area contributed by atoms with Crippen molar-refractivity contribution in [3.8, 4) is 0 Å². The second kappa shape index (κ2) is 5.72. The summed E-state index contributed by atoms with van der Waals surface area (Å²) in [6.45, 7) is 0.727. The van der Waals surface area contributed by atoms with Gasteiger partial charge in [-0.05, 0) is 30.5 Å². The molecule has 0 saturated carbocycles. The minimum atomic E-state index is -0.829. The molecule has 3 aliphatic rings. The molecule has 4 heterocycles. The highest BCUT2D eigenvalue weighted by Gasteiger charge is 2.51. The van der Waals surface area contributed by atoms with Gasteiger partial charge >= 0.3 is 6.03 Å². The van der Waals surface area contributed by atoms with Crippen molar-refractivity contribution in [2.24, 2.45) is 5.16 Å². The molecule has 0 fully saturated rings. The Kier molecular flexibility index (Phi) is 3.44. The molecule has 2 aromatic rings. The molecule has 1 aromatic heterocycles. The van der Waals surface area contributed by atoms with Crippen LogP contribution in [0.1, 0.15) is 6.42 Å². The lowest BCUT2D eigenvalue weighted by Crippen LogP contribution is -2.64. The van der Waals surface area contributed by atoms with Gasteiger partial charge in [0.05, 0.1) is 21.4 Å². The maximum absolute atomic E-state index is 13.0. The number of rotatable bonds is 1. The van der Waals surface area contributed by atoms with Gasteiger partial charge in [-0.25, -0.2) is 9.78 Å².